The second-order valence-electron chi connectivity index (χ2n) is 7.13. The van der Waals surface area contributed by atoms with Crippen LogP contribution in [-0.4, -0.2) is 19.1 Å². The Balaban J connectivity index is 0.00000261. The zero-order chi connectivity index (χ0) is 18.4. The van der Waals surface area contributed by atoms with Crippen molar-refractivity contribution in [1.82, 2.24) is 5.32 Å². The molecule has 0 aliphatic heterocycles. The molecule has 3 rings (SSSR count). The van der Waals surface area contributed by atoms with Gasteiger partial charge in [-0.2, -0.15) is 0 Å². The van der Waals surface area contributed by atoms with Crippen molar-refractivity contribution in [2.75, 3.05) is 13.2 Å². The maximum atomic E-state index is 12.4. The first kappa shape index (κ1) is 21.4. The van der Waals surface area contributed by atoms with Crippen LogP contribution in [0.3, 0.4) is 0 Å². The lowest BCUT2D eigenvalue weighted by Gasteiger charge is -2.26. The number of benzene rings is 2. The Morgan fingerprint density at radius 2 is 1.89 bits per heavy atom. The van der Waals surface area contributed by atoms with E-state index in [9.17, 15) is 4.79 Å². The number of carbonyl (C=O) groups excluding carboxylic acids is 1. The molecule has 2 aromatic rings. The third-order valence-electron chi connectivity index (χ3n) is 5.09. The normalized spacial score (nSPS) is 17.9. The second kappa shape index (κ2) is 9.88. The molecule has 1 amide bonds. The van der Waals surface area contributed by atoms with Crippen LogP contribution in [0.2, 0.25) is 0 Å². The van der Waals surface area contributed by atoms with Crippen LogP contribution in [0.25, 0.3) is 0 Å². The predicted molar refractivity (Wildman–Crippen MR) is 111 cm³/mol. The first-order chi connectivity index (χ1) is 12.6. The molecule has 0 fully saturated rings. The molecule has 3 N–H and O–H groups in total. The summed E-state index contributed by atoms with van der Waals surface area (Å²) in [5, 5.41) is 2.93. The average Bonchev–Trinajstić information content (AvgIpc) is 2.68. The molecule has 4 nitrogen and oxygen atoms in total. The van der Waals surface area contributed by atoms with Gasteiger partial charge in [0.25, 0.3) is 0 Å². The molecule has 146 valence electrons. The van der Waals surface area contributed by atoms with E-state index in [2.05, 4.69) is 29.6 Å². The van der Waals surface area contributed by atoms with Gasteiger partial charge in [-0.05, 0) is 49.3 Å². The van der Waals surface area contributed by atoms with Crippen LogP contribution in [0.15, 0.2) is 54.6 Å². The topological polar surface area (TPSA) is 64.4 Å². The Bertz CT molecular complexity index is 734. The van der Waals surface area contributed by atoms with Gasteiger partial charge in [0.2, 0.25) is 5.91 Å². The largest absolute Gasteiger partial charge is 0.373 e. The third kappa shape index (κ3) is 5.32. The predicted octanol–water partition coefficient (Wildman–Crippen LogP) is 3.88. The zero-order valence-electron chi connectivity index (χ0n) is 15.8. The fourth-order valence-corrected chi connectivity index (χ4v) is 3.48. The zero-order valence-corrected chi connectivity index (χ0v) is 16.6. The summed E-state index contributed by atoms with van der Waals surface area (Å²) in [7, 11) is 0. The minimum absolute atomic E-state index is 0. The Kier molecular flexibility index (Phi) is 7.84. The first-order valence-corrected chi connectivity index (χ1v) is 9.41. The fourth-order valence-electron chi connectivity index (χ4n) is 3.48. The highest BCUT2D eigenvalue weighted by Crippen LogP contribution is 2.32. The molecule has 2 unspecified atom stereocenters. The standard InChI is InChI=1S/C22H28N2O2.ClH/c1-22(23,18-11-3-2-4-12-18)21(25)24-15-8-16-26-20-14-7-10-17-9-5-6-13-19(17)20;/h2-6,9,11-13,20H,7-8,10,14-16,23H2,1H3,(H,24,25);1H. The van der Waals surface area contributed by atoms with Crippen molar-refractivity contribution in [2.24, 2.45) is 5.73 Å². The van der Waals surface area contributed by atoms with Crippen molar-refractivity contribution < 1.29 is 9.53 Å². The molecule has 0 saturated carbocycles. The van der Waals surface area contributed by atoms with Gasteiger partial charge >= 0.3 is 0 Å². The van der Waals surface area contributed by atoms with Gasteiger partial charge < -0.3 is 15.8 Å². The number of hydrogen-bond donors (Lipinski definition) is 2. The second-order valence-corrected chi connectivity index (χ2v) is 7.13. The average molecular weight is 389 g/mol. The molecule has 0 bridgehead atoms. The SMILES string of the molecule is CC(N)(C(=O)NCCCOC1CCCc2ccccc21)c1ccccc1.Cl. The van der Waals surface area contributed by atoms with E-state index in [0.717, 1.165) is 24.8 Å². The lowest BCUT2D eigenvalue weighted by Crippen LogP contribution is -2.49. The summed E-state index contributed by atoms with van der Waals surface area (Å²) in [6.45, 7) is 2.94. The highest BCUT2D eigenvalue weighted by Gasteiger charge is 2.29. The van der Waals surface area contributed by atoms with Gasteiger partial charge in [-0.3, -0.25) is 4.79 Å². The molecular weight excluding hydrogens is 360 g/mol. The summed E-state index contributed by atoms with van der Waals surface area (Å²) in [5.74, 6) is -0.160. The molecule has 0 saturated heterocycles. The highest BCUT2D eigenvalue weighted by atomic mass is 35.5. The maximum Gasteiger partial charge on any atom is 0.244 e. The van der Waals surface area contributed by atoms with E-state index in [1.165, 1.54) is 17.5 Å². The molecular formula is C22H29ClN2O2. The number of aryl methyl sites for hydroxylation is 1. The van der Waals surface area contributed by atoms with Gasteiger partial charge in [0.05, 0.1) is 6.10 Å². The Labute approximate surface area is 167 Å². The van der Waals surface area contributed by atoms with Crippen LogP contribution in [0.1, 0.15) is 49.0 Å². The molecule has 1 aliphatic carbocycles. The summed E-state index contributed by atoms with van der Waals surface area (Å²) in [6, 6.07) is 18.0. The van der Waals surface area contributed by atoms with Gasteiger partial charge in [-0.15, -0.1) is 12.4 Å². The molecule has 27 heavy (non-hydrogen) atoms. The van der Waals surface area contributed by atoms with Gasteiger partial charge in [0, 0.05) is 13.2 Å². The van der Waals surface area contributed by atoms with Crippen molar-refractivity contribution in [3.05, 3.63) is 71.3 Å². The number of fused-ring (bicyclic) bond motifs is 1. The van der Waals surface area contributed by atoms with Gasteiger partial charge in [-0.25, -0.2) is 0 Å². The van der Waals surface area contributed by atoms with E-state index in [1.807, 2.05) is 30.3 Å². The molecule has 0 heterocycles. The van der Waals surface area contributed by atoms with Crippen molar-refractivity contribution in [3.8, 4) is 0 Å². The van der Waals surface area contributed by atoms with E-state index >= 15 is 0 Å². The van der Waals surface area contributed by atoms with Crippen molar-refractivity contribution in [3.63, 3.8) is 0 Å². The van der Waals surface area contributed by atoms with Gasteiger partial charge in [0.15, 0.2) is 0 Å². The molecule has 1 aliphatic rings. The number of amides is 1. The summed E-state index contributed by atoms with van der Waals surface area (Å²) < 4.78 is 6.08. The van der Waals surface area contributed by atoms with Crippen molar-refractivity contribution in [1.29, 1.82) is 0 Å². The summed E-state index contributed by atoms with van der Waals surface area (Å²) in [4.78, 5) is 12.4. The molecule has 5 heteroatoms. The molecule has 0 radical (unpaired) electrons. The summed E-state index contributed by atoms with van der Waals surface area (Å²) in [6.07, 6.45) is 4.33. The Morgan fingerprint density at radius 3 is 2.67 bits per heavy atom. The first-order valence-electron chi connectivity index (χ1n) is 9.41. The van der Waals surface area contributed by atoms with E-state index in [-0.39, 0.29) is 24.4 Å². The fraction of sp³-hybridized carbons (Fsp3) is 0.409. The molecule has 2 aromatic carbocycles. The monoisotopic (exact) mass is 388 g/mol. The number of rotatable bonds is 7. The number of nitrogens with two attached hydrogens (primary N) is 1. The van der Waals surface area contributed by atoms with E-state index in [1.54, 1.807) is 6.92 Å². The molecule has 0 spiro atoms. The molecule has 0 aromatic heterocycles. The number of hydrogen-bond acceptors (Lipinski definition) is 3. The van der Waals surface area contributed by atoms with Crippen LogP contribution in [0, 0.1) is 0 Å². The van der Waals surface area contributed by atoms with Crippen molar-refractivity contribution >= 4 is 18.3 Å². The van der Waals surface area contributed by atoms with E-state index in [0.29, 0.717) is 13.2 Å². The van der Waals surface area contributed by atoms with Crippen LogP contribution >= 0.6 is 12.4 Å². The lowest BCUT2D eigenvalue weighted by atomic mass is 9.89. The van der Waals surface area contributed by atoms with E-state index < -0.39 is 5.54 Å². The third-order valence-corrected chi connectivity index (χ3v) is 5.09. The Hall–Kier alpha value is -1.88. The molecule has 2 atom stereocenters. The van der Waals surface area contributed by atoms with E-state index in [4.69, 9.17) is 10.5 Å². The quantitative estimate of drug-likeness (QED) is 0.707. The summed E-state index contributed by atoms with van der Waals surface area (Å²) >= 11 is 0. The van der Waals surface area contributed by atoms with Gasteiger partial charge in [0.1, 0.15) is 5.54 Å². The van der Waals surface area contributed by atoms with Gasteiger partial charge in [-0.1, -0.05) is 54.6 Å². The minimum Gasteiger partial charge on any atom is -0.373 e. The number of ether oxygens (including phenoxy) is 1. The minimum atomic E-state index is -1.02. The number of halogens is 1. The number of nitrogens with one attached hydrogen (secondary N) is 1. The maximum absolute atomic E-state index is 12.4. The Morgan fingerprint density at radius 1 is 1.19 bits per heavy atom. The van der Waals surface area contributed by atoms with Crippen LogP contribution in [0.5, 0.6) is 0 Å². The van der Waals surface area contributed by atoms with Crippen LogP contribution in [-0.2, 0) is 21.5 Å². The van der Waals surface area contributed by atoms with Crippen molar-refractivity contribution in [2.45, 2.75) is 44.2 Å². The smallest absolute Gasteiger partial charge is 0.244 e. The highest BCUT2D eigenvalue weighted by molar-refractivity contribution is 5.86. The van der Waals surface area contributed by atoms with Crippen LogP contribution < -0.4 is 11.1 Å². The summed E-state index contributed by atoms with van der Waals surface area (Å²) in [5.41, 5.74) is 8.73. The number of carbonyl (C=O) groups is 1. The van der Waals surface area contributed by atoms with Crippen LogP contribution in [0.4, 0.5) is 0 Å². The lowest BCUT2D eigenvalue weighted by molar-refractivity contribution is -0.126.